The normalized spacial score (nSPS) is 21.9. The molecular formula is C34H23Cl2NO3. The first-order chi connectivity index (χ1) is 19.3. The molecule has 2 heterocycles. The predicted molar refractivity (Wildman–Crippen MR) is 158 cm³/mol. The number of fused-ring (bicyclic) bond motifs is 5. The molecule has 6 heteroatoms. The van der Waals surface area contributed by atoms with Crippen molar-refractivity contribution in [2.45, 2.75) is 24.9 Å². The number of hydrogen-bond donors (Lipinski definition) is 0. The van der Waals surface area contributed by atoms with Gasteiger partial charge in [0.15, 0.2) is 17.3 Å². The summed E-state index contributed by atoms with van der Waals surface area (Å²) in [5, 5.41) is 0.741. The number of rotatable bonds is 3. The maximum atomic E-state index is 14.7. The van der Waals surface area contributed by atoms with Crippen LogP contribution in [0.4, 0.5) is 5.69 Å². The zero-order valence-electron chi connectivity index (χ0n) is 21.5. The first kappa shape index (κ1) is 25.0. The summed E-state index contributed by atoms with van der Waals surface area (Å²) in [7, 11) is 0. The van der Waals surface area contributed by atoms with Crippen molar-refractivity contribution < 1.29 is 14.4 Å². The standard InChI is InChI=1S/C34H23Cl2NO3/c1-19-11-12-20-13-16-28-34(32(39)23-9-5-6-10-24(23)33(34)40)29(25-15-14-22(35)18-26(25)36)30(37(28)27(20)17-19)31(38)21-7-3-2-4-8-21/h2-18,28-30H,1H3/t28?,29-,30+/m0/s1. The van der Waals surface area contributed by atoms with E-state index >= 15 is 0 Å². The van der Waals surface area contributed by atoms with Crippen molar-refractivity contribution in [2.75, 3.05) is 4.90 Å². The van der Waals surface area contributed by atoms with Gasteiger partial charge < -0.3 is 4.90 Å². The lowest BCUT2D eigenvalue weighted by molar-refractivity contribution is 0.0666. The van der Waals surface area contributed by atoms with Crippen molar-refractivity contribution in [1.82, 2.24) is 0 Å². The summed E-state index contributed by atoms with van der Waals surface area (Å²) in [6.07, 6.45) is 3.87. The second-order valence-corrected chi connectivity index (χ2v) is 11.5. The Labute approximate surface area is 241 Å². The van der Waals surface area contributed by atoms with Crippen LogP contribution < -0.4 is 4.90 Å². The van der Waals surface area contributed by atoms with Gasteiger partial charge >= 0.3 is 0 Å². The number of Topliss-reactive ketones (excluding diaryl/α,β-unsaturated/α-hetero) is 3. The minimum Gasteiger partial charge on any atom is -0.352 e. The smallest absolute Gasteiger partial charge is 0.185 e. The molecule has 0 amide bonds. The van der Waals surface area contributed by atoms with Crippen molar-refractivity contribution in [3.63, 3.8) is 0 Å². The van der Waals surface area contributed by atoms with Gasteiger partial charge in [0, 0.05) is 38.3 Å². The van der Waals surface area contributed by atoms with Crippen LogP contribution >= 0.6 is 23.2 Å². The SMILES string of the molecule is Cc1ccc2c(c1)N1C(C=C2)C2(C(=O)c3ccccc3C2=O)[C@@H](c2ccc(Cl)cc2Cl)[C@@H]1C(=O)c1ccccc1. The molecule has 1 saturated heterocycles. The Morgan fingerprint density at radius 3 is 2.17 bits per heavy atom. The highest BCUT2D eigenvalue weighted by atomic mass is 35.5. The topological polar surface area (TPSA) is 54.5 Å². The summed E-state index contributed by atoms with van der Waals surface area (Å²) in [6.45, 7) is 1.99. The van der Waals surface area contributed by atoms with Crippen LogP contribution in [0.15, 0.2) is 97.1 Å². The average Bonchev–Trinajstić information content (AvgIpc) is 3.39. The number of halogens is 2. The monoisotopic (exact) mass is 563 g/mol. The van der Waals surface area contributed by atoms with Crippen LogP contribution in [-0.2, 0) is 0 Å². The Hall–Kier alpha value is -3.99. The van der Waals surface area contributed by atoms with E-state index in [0.29, 0.717) is 32.3 Å². The fourth-order valence-electron chi connectivity index (χ4n) is 6.94. The van der Waals surface area contributed by atoms with Crippen LogP contribution in [0.1, 0.15) is 53.7 Å². The van der Waals surface area contributed by atoms with Crippen LogP contribution in [0.2, 0.25) is 10.0 Å². The molecule has 2 aliphatic heterocycles. The molecule has 196 valence electrons. The van der Waals surface area contributed by atoms with Crippen molar-refractivity contribution in [3.05, 3.63) is 140 Å². The van der Waals surface area contributed by atoms with E-state index in [2.05, 4.69) is 0 Å². The van der Waals surface area contributed by atoms with Crippen LogP contribution in [0.3, 0.4) is 0 Å². The van der Waals surface area contributed by atoms with Crippen molar-refractivity contribution >= 4 is 52.3 Å². The lowest BCUT2D eigenvalue weighted by Crippen LogP contribution is -2.48. The molecule has 7 rings (SSSR count). The van der Waals surface area contributed by atoms with Gasteiger partial charge in [-0.3, -0.25) is 14.4 Å². The van der Waals surface area contributed by atoms with E-state index < -0.39 is 23.4 Å². The molecule has 1 spiro atoms. The Morgan fingerprint density at radius 2 is 1.50 bits per heavy atom. The molecule has 1 unspecified atom stereocenters. The minimum absolute atomic E-state index is 0.183. The maximum absolute atomic E-state index is 14.7. The van der Waals surface area contributed by atoms with Crippen molar-refractivity contribution in [3.8, 4) is 0 Å². The lowest BCUT2D eigenvalue weighted by Gasteiger charge is -2.37. The molecule has 40 heavy (non-hydrogen) atoms. The molecule has 1 aliphatic carbocycles. The molecule has 0 bridgehead atoms. The van der Waals surface area contributed by atoms with Crippen molar-refractivity contribution in [1.29, 1.82) is 0 Å². The molecule has 0 N–H and O–H groups in total. The van der Waals surface area contributed by atoms with Crippen LogP contribution in [0.25, 0.3) is 6.08 Å². The second-order valence-electron chi connectivity index (χ2n) is 10.7. The number of anilines is 1. The van der Waals surface area contributed by atoms with Gasteiger partial charge in [-0.05, 0) is 41.8 Å². The van der Waals surface area contributed by atoms with Gasteiger partial charge in [-0.25, -0.2) is 0 Å². The van der Waals surface area contributed by atoms with Gasteiger partial charge in [-0.1, -0.05) is 108 Å². The number of aryl methyl sites for hydroxylation is 1. The fourth-order valence-corrected chi connectivity index (χ4v) is 7.47. The first-order valence-corrected chi connectivity index (χ1v) is 13.9. The molecule has 3 aliphatic rings. The molecule has 1 fully saturated rings. The van der Waals surface area contributed by atoms with Gasteiger partial charge in [0.2, 0.25) is 0 Å². The van der Waals surface area contributed by atoms with Gasteiger partial charge in [0.1, 0.15) is 11.5 Å². The van der Waals surface area contributed by atoms with Gasteiger partial charge in [-0.15, -0.1) is 0 Å². The van der Waals surface area contributed by atoms with E-state index in [1.807, 2.05) is 60.4 Å². The number of hydrogen-bond acceptors (Lipinski definition) is 4. The zero-order valence-corrected chi connectivity index (χ0v) is 23.0. The van der Waals surface area contributed by atoms with E-state index in [0.717, 1.165) is 16.8 Å². The summed E-state index contributed by atoms with van der Waals surface area (Å²) in [6, 6.07) is 25.5. The van der Waals surface area contributed by atoms with Crippen LogP contribution in [-0.4, -0.2) is 29.4 Å². The predicted octanol–water partition coefficient (Wildman–Crippen LogP) is 7.62. The van der Waals surface area contributed by atoms with Crippen LogP contribution in [0, 0.1) is 12.3 Å². The Morgan fingerprint density at radius 1 is 0.825 bits per heavy atom. The third-order valence-corrected chi connectivity index (χ3v) is 9.15. The van der Waals surface area contributed by atoms with E-state index in [1.54, 1.807) is 54.6 Å². The van der Waals surface area contributed by atoms with E-state index in [4.69, 9.17) is 23.2 Å². The first-order valence-electron chi connectivity index (χ1n) is 13.1. The summed E-state index contributed by atoms with van der Waals surface area (Å²) in [5.74, 6) is -1.64. The highest BCUT2D eigenvalue weighted by Crippen LogP contribution is 2.61. The molecule has 0 saturated carbocycles. The third kappa shape index (κ3) is 3.30. The summed E-state index contributed by atoms with van der Waals surface area (Å²) < 4.78 is 0. The highest BCUT2D eigenvalue weighted by Gasteiger charge is 2.71. The number of ketones is 3. The average molecular weight is 564 g/mol. The van der Waals surface area contributed by atoms with Gasteiger partial charge in [0.25, 0.3) is 0 Å². The summed E-state index contributed by atoms with van der Waals surface area (Å²) in [4.78, 5) is 46.0. The second kappa shape index (κ2) is 9.02. The fraction of sp³-hybridized carbons (Fsp3) is 0.147. The highest BCUT2D eigenvalue weighted by molar-refractivity contribution is 6.36. The number of benzene rings is 4. The Bertz CT molecular complexity index is 1740. The number of carbonyl (C=O) groups excluding carboxylic acids is 3. The van der Waals surface area contributed by atoms with Crippen molar-refractivity contribution in [2.24, 2.45) is 5.41 Å². The van der Waals surface area contributed by atoms with E-state index in [1.165, 1.54) is 0 Å². The zero-order chi connectivity index (χ0) is 27.8. The Balaban J connectivity index is 1.58. The summed E-state index contributed by atoms with van der Waals surface area (Å²) in [5.41, 5.74) is 2.93. The molecule has 3 atom stereocenters. The molecule has 4 aromatic carbocycles. The quantitative estimate of drug-likeness (QED) is 0.190. The molecule has 4 nitrogen and oxygen atoms in total. The largest absolute Gasteiger partial charge is 0.352 e. The van der Waals surface area contributed by atoms with Crippen LogP contribution in [0.5, 0.6) is 0 Å². The maximum Gasteiger partial charge on any atom is 0.185 e. The molecular weight excluding hydrogens is 541 g/mol. The molecule has 4 aromatic rings. The van der Waals surface area contributed by atoms with Gasteiger partial charge in [0.05, 0.1) is 6.04 Å². The molecule has 0 radical (unpaired) electrons. The number of carbonyl (C=O) groups is 3. The van der Waals surface area contributed by atoms with E-state index in [-0.39, 0.29) is 17.3 Å². The number of nitrogens with zero attached hydrogens (tertiary/aromatic N) is 1. The van der Waals surface area contributed by atoms with Gasteiger partial charge in [-0.2, -0.15) is 0 Å². The minimum atomic E-state index is -1.60. The lowest BCUT2D eigenvalue weighted by atomic mass is 9.64. The summed E-state index contributed by atoms with van der Waals surface area (Å²) >= 11 is 13.2. The van der Waals surface area contributed by atoms with E-state index in [9.17, 15) is 14.4 Å². The molecule has 0 aromatic heterocycles. The third-order valence-electron chi connectivity index (χ3n) is 8.59. The Kier molecular flexibility index (Phi) is 5.64.